The highest BCUT2D eigenvalue weighted by molar-refractivity contribution is 6.28. The predicted octanol–water partition coefficient (Wildman–Crippen LogP) is -1.18. The van der Waals surface area contributed by atoms with E-state index in [-0.39, 0.29) is 5.92 Å². The zero-order valence-corrected chi connectivity index (χ0v) is 7.40. The van der Waals surface area contributed by atoms with Crippen LogP contribution < -0.4 is 10.4 Å². The third kappa shape index (κ3) is 4.03. The molecule has 0 aliphatic rings. The Hall–Kier alpha value is -1.68. The van der Waals surface area contributed by atoms with Gasteiger partial charge in [0.25, 0.3) is 5.78 Å². The average molecular weight is 185 g/mol. The molecule has 0 aliphatic heterocycles. The third-order valence-corrected chi connectivity index (χ3v) is 1.44. The molecule has 1 atom stereocenters. The largest absolute Gasteiger partial charge is 0.530 e. The molecule has 0 unspecified atom stereocenters. The lowest BCUT2D eigenvalue weighted by molar-refractivity contribution is -0.251. The molecule has 6 heteroatoms. The van der Waals surface area contributed by atoms with E-state index in [1.165, 1.54) is 0 Å². The molecule has 0 fully saturated rings. The molecule has 0 saturated heterocycles. The van der Waals surface area contributed by atoms with Crippen LogP contribution in [0.2, 0.25) is 0 Å². The van der Waals surface area contributed by atoms with E-state index in [9.17, 15) is 14.7 Å². The molecule has 0 rings (SSSR count). The van der Waals surface area contributed by atoms with E-state index in [0.29, 0.717) is 0 Å². The molecule has 0 heterocycles. The fourth-order valence-corrected chi connectivity index (χ4v) is 0.837. The molecule has 0 aliphatic carbocycles. The van der Waals surface area contributed by atoms with Crippen LogP contribution in [0.15, 0.2) is 0 Å². The van der Waals surface area contributed by atoms with Crippen molar-refractivity contribution in [1.82, 2.24) is 5.32 Å². The van der Waals surface area contributed by atoms with Gasteiger partial charge in [0.15, 0.2) is 0 Å². The number of carboxylic acid groups (broad SMARTS) is 1. The van der Waals surface area contributed by atoms with Crippen molar-refractivity contribution in [3.63, 3.8) is 0 Å². The van der Waals surface area contributed by atoms with Crippen molar-refractivity contribution in [2.75, 3.05) is 0 Å². The Morgan fingerprint density at radius 3 is 2.38 bits per heavy atom. The molecule has 72 valence electrons. The van der Waals surface area contributed by atoms with E-state index in [0.717, 1.165) is 6.21 Å². The van der Waals surface area contributed by atoms with Gasteiger partial charge in [0.1, 0.15) is 6.09 Å². The minimum Gasteiger partial charge on any atom is -0.530 e. The fraction of sp³-hybridized carbons (Fsp3) is 0.571. The highest BCUT2D eigenvalue weighted by Crippen LogP contribution is 2.00. The van der Waals surface area contributed by atoms with E-state index < -0.39 is 17.9 Å². The lowest BCUT2D eigenvalue weighted by Gasteiger charge is -2.18. The van der Waals surface area contributed by atoms with Gasteiger partial charge in [0.05, 0.1) is 16.4 Å². The van der Waals surface area contributed by atoms with Crippen LogP contribution in [0.25, 0.3) is 0 Å². The van der Waals surface area contributed by atoms with Gasteiger partial charge in [0, 0.05) is 0 Å². The highest BCUT2D eigenvalue weighted by Gasteiger charge is 2.23. The van der Waals surface area contributed by atoms with Crippen molar-refractivity contribution >= 4 is 18.1 Å². The molecular formula is C7H11N3O3. The number of rotatable bonds is 4. The summed E-state index contributed by atoms with van der Waals surface area (Å²) in [5.41, 5.74) is 6.41. The Bertz CT molecular complexity index is 256. The normalized spacial score (nSPS) is 11.6. The fourth-order valence-electron chi connectivity index (χ4n) is 0.837. The first kappa shape index (κ1) is 11.3. The number of carbonyl (C=O) groups excluding carboxylic acids is 2. The molecule has 1 amide bonds. The Balaban J connectivity index is 4.50. The van der Waals surface area contributed by atoms with Gasteiger partial charge < -0.3 is 15.2 Å². The molecule has 0 bridgehead atoms. The molecule has 0 aromatic heterocycles. The van der Waals surface area contributed by atoms with Gasteiger partial charge in [-0.25, -0.2) is 0 Å². The average Bonchev–Trinajstić information content (AvgIpc) is 1.99. The minimum atomic E-state index is -1.51. The summed E-state index contributed by atoms with van der Waals surface area (Å²) in [6.45, 7) is 3.35. The summed E-state index contributed by atoms with van der Waals surface area (Å²) < 4.78 is 0. The number of Topliss-reactive ketones (excluding diaryl/α,β-unsaturated/α-hetero) is 1. The standard InChI is InChI=1S/C7H11N3O3/c1-4(2)6(10-7(12)13)5(11)3-9-8/h3-4,6,8,10H,1-2H3/t6-/m1/s1. The van der Waals surface area contributed by atoms with Crippen molar-refractivity contribution in [2.24, 2.45) is 5.92 Å². The molecule has 0 saturated carbocycles. The lowest BCUT2D eigenvalue weighted by Crippen LogP contribution is -2.50. The number of hydrogen-bond donors (Lipinski definition) is 2. The van der Waals surface area contributed by atoms with Crippen LogP contribution in [-0.4, -0.2) is 28.9 Å². The Labute approximate surface area is 75.2 Å². The third-order valence-electron chi connectivity index (χ3n) is 1.44. The smallest absolute Gasteiger partial charge is 0.374 e. The number of hydrogen-bond acceptors (Lipinski definition) is 4. The maximum Gasteiger partial charge on any atom is 0.374 e. The van der Waals surface area contributed by atoms with Crippen LogP contribution in [0.4, 0.5) is 4.79 Å². The number of nitrogens with one attached hydrogen (secondary N) is 2. The van der Waals surface area contributed by atoms with E-state index in [4.69, 9.17) is 5.53 Å². The van der Waals surface area contributed by atoms with Crippen LogP contribution in [0.3, 0.4) is 0 Å². The topological polar surface area (TPSA) is 107 Å². The predicted molar refractivity (Wildman–Crippen MR) is 41.2 cm³/mol. The van der Waals surface area contributed by atoms with Gasteiger partial charge in [-0.2, -0.15) is 0 Å². The second kappa shape index (κ2) is 5.05. The first-order valence-corrected chi connectivity index (χ1v) is 3.70. The van der Waals surface area contributed by atoms with Crippen molar-refractivity contribution in [1.29, 1.82) is 5.53 Å². The van der Waals surface area contributed by atoms with Gasteiger partial charge in [-0.3, -0.25) is 4.79 Å². The SMILES string of the molecule is CC(C)[C@@H](NC(=O)[O-])C(=O)C=[N+]=N. The van der Waals surface area contributed by atoms with Crippen LogP contribution in [0, 0.1) is 11.4 Å². The molecule has 6 nitrogen and oxygen atoms in total. The summed E-state index contributed by atoms with van der Waals surface area (Å²) in [5, 5.41) is 12.1. The summed E-state index contributed by atoms with van der Waals surface area (Å²) in [5.74, 6) is -0.752. The second-order valence-corrected chi connectivity index (χ2v) is 2.81. The zero-order chi connectivity index (χ0) is 10.4. The molecule has 13 heavy (non-hydrogen) atoms. The minimum absolute atomic E-state index is 0.205. The first-order valence-electron chi connectivity index (χ1n) is 3.70. The van der Waals surface area contributed by atoms with Crippen molar-refractivity contribution in [3.05, 3.63) is 0 Å². The van der Waals surface area contributed by atoms with Gasteiger partial charge >= 0.3 is 6.21 Å². The van der Waals surface area contributed by atoms with E-state index in [1.807, 2.05) is 5.32 Å². The summed E-state index contributed by atoms with van der Waals surface area (Å²) in [6.07, 6.45) is -0.744. The number of nitrogens with zero attached hydrogens (tertiary/aromatic N) is 1. The van der Waals surface area contributed by atoms with Gasteiger partial charge in [-0.15, -0.1) is 0 Å². The second-order valence-electron chi connectivity index (χ2n) is 2.81. The Kier molecular flexibility index (Phi) is 4.40. The van der Waals surface area contributed by atoms with Crippen molar-refractivity contribution < 1.29 is 19.5 Å². The monoisotopic (exact) mass is 185 g/mol. The van der Waals surface area contributed by atoms with Crippen LogP contribution >= 0.6 is 0 Å². The molecular weight excluding hydrogens is 174 g/mol. The number of ketones is 1. The molecule has 0 aromatic rings. The van der Waals surface area contributed by atoms with Gasteiger partial charge in [0.2, 0.25) is 0 Å². The van der Waals surface area contributed by atoms with E-state index in [2.05, 4.69) is 4.79 Å². The lowest BCUT2D eigenvalue weighted by atomic mass is 10.0. The molecule has 0 radical (unpaired) electrons. The molecule has 2 N–H and O–H groups in total. The summed E-state index contributed by atoms with van der Waals surface area (Å²) in [7, 11) is 0. The van der Waals surface area contributed by atoms with Gasteiger partial charge in [-0.05, 0) is 5.92 Å². The van der Waals surface area contributed by atoms with E-state index >= 15 is 0 Å². The summed E-state index contributed by atoms with van der Waals surface area (Å²) in [4.78, 5) is 24.0. The maximum absolute atomic E-state index is 11.1. The number of carbonyl (C=O) groups is 2. The molecule has 0 aromatic carbocycles. The Morgan fingerprint density at radius 2 is 2.08 bits per heavy atom. The Morgan fingerprint density at radius 1 is 1.54 bits per heavy atom. The van der Waals surface area contributed by atoms with Gasteiger partial charge in [-0.1, -0.05) is 13.8 Å². The van der Waals surface area contributed by atoms with Crippen LogP contribution in [0.1, 0.15) is 13.8 Å². The zero-order valence-electron chi connectivity index (χ0n) is 7.40. The maximum atomic E-state index is 11.1. The number of amides is 1. The first-order chi connectivity index (χ1) is 5.99. The van der Waals surface area contributed by atoms with Crippen LogP contribution in [-0.2, 0) is 4.79 Å². The summed E-state index contributed by atoms with van der Waals surface area (Å²) >= 11 is 0. The van der Waals surface area contributed by atoms with E-state index in [1.54, 1.807) is 13.8 Å². The summed E-state index contributed by atoms with van der Waals surface area (Å²) in [6, 6.07) is -0.890. The highest BCUT2D eigenvalue weighted by atomic mass is 16.4. The van der Waals surface area contributed by atoms with Crippen molar-refractivity contribution in [2.45, 2.75) is 19.9 Å². The quantitative estimate of drug-likeness (QED) is 0.327. The van der Waals surface area contributed by atoms with Crippen LogP contribution in [0.5, 0.6) is 0 Å². The van der Waals surface area contributed by atoms with Crippen molar-refractivity contribution in [3.8, 4) is 0 Å². The molecule has 0 spiro atoms.